The molecule has 0 spiro atoms. The van der Waals surface area contributed by atoms with E-state index in [-0.39, 0.29) is 221 Å². The normalized spacial score (nSPS) is 22.7. The topological polar surface area (TPSA) is 340 Å². The SMILES string of the molecule is CC(=O)NC1C(OCCCCCCCCCCCCCC(=O)CCOCC(COCCC(=O)CCCCCCCCCCCCCOC2CC(COC(C)=O)C(C)C(C)C2NC(C)=O)(COCC(=O)NCCCCCCCCCCCCOC2CC(COC(C)=O)C(C)C(C)C2NC(C)=O)NC(=O)CCCC(=O)OCc2ccccc2)CC(COC(C)=O)C(C)C1C. The Labute approximate surface area is 764 Å². The summed E-state index contributed by atoms with van der Waals surface area (Å²) in [4.78, 5) is 138. The van der Waals surface area contributed by atoms with Crippen LogP contribution in [0, 0.1) is 53.3 Å². The highest BCUT2D eigenvalue weighted by atomic mass is 16.6. The number of amides is 5. The molecule has 3 saturated carbocycles. The lowest BCUT2D eigenvalue weighted by molar-refractivity contribution is -0.146. The zero-order valence-corrected chi connectivity index (χ0v) is 80.7. The van der Waals surface area contributed by atoms with E-state index in [1.54, 1.807) is 20.8 Å². The summed E-state index contributed by atoms with van der Waals surface area (Å²) in [6.07, 6.45) is 37.2. The lowest BCUT2D eigenvalue weighted by Crippen LogP contribution is -2.59. The predicted molar refractivity (Wildman–Crippen MR) is 494 cm³/mol. The van der Waals surface area contributed by atoms with Gasteiger partial charge in [0, 0.05) is 106 Å². The number of ketones is 2. The molecule has 3 aliphatic rings. The third-order valence-corrected chi connectivity index (χ3v) is 26.8. The summed E-state index contributed by atoms with van der Waals surface area (Å²) in [5.41, 5.74) is -0.481. The lowest BCUT2D eigenvalue weighted by atomic mass is 9.70. The largest absolute Gasteiger partial charge is 0.466 e. The summed E-state index contributed by atoms with van der Waals surface area (Å²) in [5.74, 6) is -0.142. The molecular formula is C101H173N5O21. The second-order valence-electron chi connectivity index (χ2n) is 37.6. The fourth-order valence-corrected chi connectivity index (χ4v) is 18.4. The third kappa shape index (κ3) is 51.8. The van der Waals surface area contributed by atoms with Crippen LogP contribution in [0.1, 0.15) is 358 Å². The first-order valence-corrected chi connectivity index (χ1v) is 49.7. The van der Waals surface area contributed by atoms with Crippen LogP contribution in [0.25, 0.3) is 0 Å². The van der Waals surface area contributed by atoms with Gasteiger partial charge in [-0.05, 0) is 123 Å². The van der Waals surface area contributed by atoms with Crippen molar-refractivity contribution in [2.24, 2.45) is 53.3 Å². The van der Waals surface area contributed by atoms with Gasteiger partial charge >= 0.3 is 23.9 Å². The summed E-state index contributed by atoms with van der Waals surface area (Å²) in [6, 6.07) is 9.13. The lowest BCUT2D eigenvalue weighted by Gasteiger charge is -2.44. The smallest absolute Gasteiger partial charge is 0.306 e. The Kier molecular flexibility index (Phi) is 60.9. The van der Waals surface area contributed by atoms with E-state index in [0.717, 1.165) is 205 Å². The first kappa shape index (κ1) is 113. The average molecular weight is 1790 g/mol. The van der Waals surface area contributed by atoms with E-state index in [1.165, 1.54) is 46.5 Å². The fraction of sp³-hybridized carbons (Fsp3) is 0.832. The zero-order valence-electron chi connectivity index (χ0n) is 80.7. The Morgan fingerprint density at radius 1 is 0.331 bits per heavy atom. The molecule has 0 bridgehead atoms. The summed E-state index contributed by atoms with van der Waals surface area (Å²) >= 11 is 0. The molecule has 127 heavy (non-hydrogen) atoms. The molecule has 15 atom stereocenters. The van der Waals surface area contributed by atoms with Gasteiger partial charge in [0.25, 0.3) is 0 Å². The number of esters is 4. The highest BCUT2D eigenvalue weighted by Gasteiger charge is 2.45. The third-order valence-electron chi connectivity index (χ3n) is 26.8. The molecule has 26 nitrogen and oxygen atoms in total. The van der Waals surface area contributed by atoms with E-state index in [1.807, 2.05) is 30.3 Å². The van der Waals surface area contributed by atoms with Crippen molar-refractivity contribution in [1.29, 1.82) is 0 Å². The Morgan fingerprint density at radius 2 is 0.654 bits per heavy atom. The van der Waals surface area contributed by atoms with Crippen molar-refractivity contribution in [1.82, 2.24) is 26.6 Å². The predicted octanol–water partition coefficient (Wildman–Crippen LogP) is 17.3. The number of Topliss-reactive ketones (excluding diaryl/α,β-unsaturated/α-hetero) is 2. The quantitative estimate of drug-likeness (QED) is 0.0230. The van der Waals surface area contributed by atoms with Crippen LogP contribution in [0.5, 0.6) is 0 Å². The van der Waals surface area contributed by atoms with Crippen LogP contribution in [-0.4, -0.2) is 193 Å². The Hall–Kier alpha value is -6.45. The number of hydrogen-bond acceptors (Lipinski definition) is 21. The van der Waals surface area contributed by atoms with Crippen molar-refractivity contribution in [3.63, 3.8) is 0 Å². The molecule has 3 fully saturated rings. The van der Waals surface area contributed by atoms with E-state index < -0.39 is 17.4 Å². The Bertz CT molecular complexity index is 3100. The molecule has 15 unspecified atom stereocenters. The number of hydrogen-bond donors (Lipinski definition) is 5. The molecule has 5 amide bonds. The number of nitrogens with one attached hydrogen (secondary N) is 5. The van der Waals surface area contributed by atoms with Crippen LogP contribution in [0.3, 0.4) is 0 Å². The van der Waals surface area contributed by atoms with Gasteiger partial charge in [0.05, 0.1) is 89.3 Å². The molecule has 5 N–H and O–H groups in total. The minimum absolute atomic E-state index is 0.0102. The molecule has 1 aromatic carbocycles. The van der Waals surface area contributed by atoms with Crippen molar-refractivity contribution >= 4 is 65.0 Å². The summed E-state index contributed by atoms with van der Waals surface area (Å²) < 4.78 is 59.6. The number of carbonyl (C=O) groups excluding carboxylic acids is 11. The first-order chi connectivity index (χ1) is 61.1. The zero-order chi connectivity index (χ0) is 92.8. The monoisotopic (exact) mass is 1790 g/mol. The van der Waals surface area contributed by atoms with Crippen LogP contribution in [0.2, 0.25) is 0 Å². The summed E-state index contributed by atoms with van der Waals surface area (Å²) in [6.45, 7) is 24.9. The number of unbranched alkanes of at least 4 members (excludes halogenated alkanes) is 29. The van der Waals surface area contributed by atoms with Gasteiger partial charge in [0.2, 0.25) is 29.5 Å². The molecule has 0 aromatic heterocycles. The van der Waals surface area contributed by atoms with E-state index in [0.29, 0.717) is 59.0 Å². The van der Waals surface area contributed by atoms with Crippen LogP contribution >= 0.6 is 0 Å². The maximum Gasteiger partial charge on any atom is 0.306 e. The number of carbonyl (C=O) groups is 11. The Morgan fingerprint density at radius 3 is 0.992 bits per heavy atom. The van der Waals surface area contributed by atoms with Crippen LogP contribution in [0.15, 0.2) is 30.3 Å². The van der Waals surface area contributed by atoms with Crippen LogP contribution in [0.4, 0.5) is 0 Å². The highest BCUT2D eigenvalue weighted by Crippen LogP contribution is 2.40. The number of benzene rings is 1. The summed E-state index contributed by atoms with van der Waals surface area (Å²) in [5, 5.41) is 15.5. The van der Waals surface area contributed by atoms with Crippen molar-refractivity contribution in [2.75, 3.05) is 85.8 Å². The van der Waals surface area contributed by atoms with Crippen LogP contribution < -0.4 is 26.6 Å². The molecule has 0 saturated heterocycles. The maximum absolute atomic E-state index is 14.0. The maximum atomic E-state index is 14.0. The van der Waals surface area contributed by atoms with Gasteiger partial charge in [-0.3, -0.25) is 52.7 Å². The molecule has 4 rings (SSSR count). The average Bonchev–Trinajstić information content (AvgIpc) is 0.815. The first-order valence-electron chi connectivity index (χ1n) is 49.7. The van der Waals surface area contributed by atoms with E-state index >= 15 is 0 Å². The molecular weight excluding hydrogens is 1620 g/mol. The van der Waals surface area contributed by atoms with Gasteiger partial charge < -0.3 is 74.0 Å². The fourth-order valence-electron chi connectivity index (χ4n) is 18.4. The van der Waals surface area contributed by atoms with Gasteiger partial charge in [-0.25, -0.2) is 0 Å². The van der Waals surface area contributed by atoms with Crippen molar-refractivity contribution in [3.8, 4) is 0 Å². The van der Waals surface area contributed by atoms with Gasteiger partial charge in [0.1, 0.15) is 30.3 Å². The molecule has 26 heteroatoms. The van der Waals surface area contributed by atoms with E-state index in [9.17, 15) is 52.7 Å². The second kappa shape index (κ2) is 68.6. The van der Waals surface area contributed by atoms with E-state index in [2.05, 4.69) is 68.1 Å². The number of ether oxygens (including phenoxy) is 10. The van der Waals surface area contributed by atoms with Crippen molar-refractivity contribution in [3.05, 3.63) is 35.9 Å². The standard InChI is InChI=1S/C101H173N5O21/c1-74-77(4)98(103-80(7)107)92(63-87(74)67-124-83(10)110)121-58-45-36-30-24-18-13-15-21-27-33-42-51-90(113)55-61-118-71-101(106-95(115)53-48-54-97(117)127-66-86-49-40-39-41-50-86,73-120-70-96(116)102-57-44-35-29-23-17-20-26-32-38-47-60-123-94-65-89(69-126-85(12)112)76(3)79(6)100(94)105-82(9)109)72-119-62-56-91(114)52-43-34-28-22-16-14-19-25-31-37-46-59-122-93-64-88(68-125-84(11)111)75(2)78(5)99(93)104-81(8)108/h39-41,49-50,74-79,87-89,92-94,98-100H,13-38,42-48,51-73H2,1-12H3,(H,102,116)(H,103,107)(H,104,108)(H,105,109)(H,106,115). The Balaban J connectivity index is 1.22. The molecule has 3 aliphatic carbocycles. The van der Waals surface area contributed by atoms with Gasteiger partial charge in [0.15, 0.2) is 0 Å². The molecule has 1 aromatic rings. The second-order valence-corrected chi connectivity index (χ2v) is 37.6. The van der Waals surface area contributed by atoms with Crippen LogP contribution in [-0.2, 0) is 107 Å². The number of rotatable bonds is 74. The molecule has 728 valence electrons. The highest BCUT2D eigenvalue weighted by molar-refractivity contribution is 5.80. The molecule has 0 heterocycles. The minimum atomic E-state index is -1.33. The van der Waals surface area contributed by atoms with Crippen molar-refractivity contribution in [2.45, 2.75) is 401 Å². The van der Waals surface area contributed by atoms with Crippen molar-refractivity contribution < 1.29 is 100 Å². The summed E-state index contributed by atoms with van der Waals surface area (Å²) in [7, 11) is 0. The molecule has 0 radical (unpaired) electrons. The van der Waals surface area contributed by atoms with Gasteiger partial charge in [-0.15, -0.1) is 0 Å². The van der Waals surface area contributed by atoms with Gasteiger partial charge in [-0.2, -0.15) is 0 Å². The molecule has 0 aliphatic heterocycles. The minimum Gasteiger partial charge on any atom is -0.466 e. The van der Waals surface area contributed by atoms with E-state index in [4.69, 9.17) is 47.4 Å². The van der Waals surface area contributed by atoms with Gasteiger partial charge in [-0.1, -0.05) is 239 Å².